The van der Waals surface area contributed by atoms with E-state index in [1.165, 1.54) is 12.1 Å². The van der Waals surface area contributed by atoms with Crippen molar-refractivity contribution >= 4 is 5.78 Å². The number of rotatable bonds is 6. The molecule has 1 fully saturated rings. The van der Waals surface area contributed by atoms with E-state index in [1.54, 1.807) is 12.1 Å². The van der Waals surface area contributed by atoms with Gasteiger partial charge in [-0.2, -0.15) is 0 Å². The Morgan fingerprint density at radius 1 is 1.45 bits per heavy atom. The van der Waals surface area contributed by atoms with Gasteiger partial charge in [0.25, 0.3) is 0 Å². The van der Waals surface area contributed by atoms with Crippen LogP contribution < -0.4 is 0 Å². The van der Waals surface area contributed by atoms with Gasteiger partial charge in [-0.3, -0.25) is 9.69 Å². The average Bonchev–Trinajstić information content (AvgIpc) is 2.97. The predicted octanol–water partition coefficient (Wildman–Crippen LogP) is 2.90. The molecule has 1 heterocycles. The summed E-state index contributed by atoms with van der Waals surface area (Å²) in [7, 11) is 0. The monoisotopic (exact) mass is 279 g/mol. The number of hydrogen-bond acceptors (Lipinski definition) is 3. The number of likely N-dealkylation sites (N-methyl/N-ethyl adjacent to an activating group) is 1. The van der Waals surface area contributed by atoms with Crippen LogP contribution >= 0.6 is 0 Å². The maximum absolute atomic E-state index is 12.9. The van der Waals surface area contributed by atoms with Gasteiger partial charge in [0, 0.05) is 18.7 Å². The summed E-state index contributed by atoms with van der Waals surface area (Å²) in [6.45, 7) is 6.36. The summed E-state index contributed by atoms with van der Waals surface area (Å²) in [6.07, 6.45) is 2.40. The molecule has 0 aliphatic carbocycles. The molecule has 2 rings (SSSR count). The van der Waals surface area contributed by atoms with Gasteiger partial charge >= 0.3 is 0 Å². The number of Topliss-reactive ketones (excluding diaryl/α,β-unsaturated/α-hetero) is 1. The third-order valence-corrected chi connectivity index (χ3v) is 3.92. The zero-order chi connectivity index (χ0) is 14.5. The van der Waals surface area contributed by atoms with E-state index in [2.05, 4.69) is 4.90 Å². The first-order valence-electron chi connectivity index (χ1n) is 7.27. The highest BCUT2D eigenvalue weighted by molar-refractivity contribution is 5.99. The summed E-state index contributed by atoms with van der Waals surface area (Å²) in [6, 6.07) is 5.55. The van der Waals surface area contributed by atoms with Crippen LogP contribution in [0.5, 0.6) is 0 Å². The predicted molar refractivity (Wildman–Crippen MR) is 76.4 cm³/mol. The Morgan fingerprint density at radius 3 is 2.70 bits per heavy atom. The fourth-order valence-electron chi connectivity index (χ4n) is 2.63. The quantitative estimate of drug-likeness (QED) is 0.750. The summed E-state index contributed by atoms with van der Waals surface area (Å²) < 4.78 is 18.5. The Balaban J connectivity index is 2.01. The van der Waals surface area contributed by atoms with Gasteiger partial charge in [0.2, 0.25) is 0 Å². The molecule has 0 amide bonds. The highest BCUT2D eigenvalue weighted by Crippen LogP contribution is 2.16. The molecule has 0 spiro atoms. The fourth-order valence-corrected chi connectivity index (χ4v) is 2.63. The topological polar surface area (TPSA) is 29.5 Å². The molecule has 110 valence electrons. The normalized spacial score (nSPS) is 20.3. The number of benzene rings is 1. The molecule has 4 heteroatoms. The van der Waals surface area contributed by atoms with Crippen LogP contribution in [0.2, 0.25) is 0 Å². The second-order valence-corrected chi connectivity index (χ2v) is 5.27. The van der Waals surface area contributed by atoms with Gasteiger partial charge in [-0.25, -0.2) is 4.39 Å². The Labute approximate surface area is 119 Å². The maximum atomic E-state index is 12.9. The minimum atomic E-state index is -0.319. The van der Waals surface area contributed by atoms with E-state index in [-0.39, 0.29) is 23.7 Å². The molecule has 2 unspecified atom stereocenters. The Morgan fingerprint density at radius 2 is 2.15 bits per heavy atom. The summed E-state index contributed by atoms with van der Waals surface area (Å²) in [5, 5.41) is 0. The zero-order valence-electron chi connectivity index (χ0n) is 12.1. The standard InChI is InChI=1S/C16H22FNO2/c1-3-18(11-15-5-4-10-20-15)12(2)16(19)13-6-8-14(17)9-7-13/h6-9,12,15H,3-5,10-11H2,1-2H3. The lowest BCUT2D eigenvalue weighted by atomic mass is 10.0. The van der Waals surface area contributed by atoms with E-state index in [1.807, 2.05) is 13.8 Å². The molecule has 0 saturated carbocycles. The van der Waals surface area contributed by atoms with Crippen molar-refractivity contribution in [3.8, 4) is 0 Å². The SMILES string of the molecule is CCN(CC1CCCO1)C(C)C(=O)c1ccc(F)cc1. The lowest BCUT2D eigenvalue weighted by Crippen LogP contribution is -2.43. The molecule has 0 aromatic heterocycles. The number of ether oxygens (including phenoxy) is 1. The second kappa shape index (κ2) is 6.95. The van der Waals surface area contributed by atoms with Gasteiger partial charge in [0.05, 0.1) is 12.1 Å². The molecule has 3 nitrogen and oxygen atoms in total. The van der Waals surface area contributed by atoms with Gasteiger partial charge in [0.15, 0.2) is 5.78 Å². The number of hydrogen-bond donors (Lipinski definition) is 0. The Kier molecular flexibility index (Phi) is 5.26. The number of ketones is 1. The highest BCUT2D eigenvalue weighted by Gasteiger charge is 2.25. The maximum Gasteiger partial charge on any atom is 0.179 e. The third-order valence-electron chi connectivity index (χ3n) is 3.92. The third kappa shape index (κ3) is 3.64. The first kappa shape index (κ1) is 15.1. The molecular formula is C16H22FNO2. The van der Waals surface area contributed by atoms with E-state index >= 15 is 0 Å². The summed E-state index contributed by atoms with van der Waals surface area (Å²) in [5.74, 6) is -0.286. The van der Waals surface area contributed by atoms with Crippen molar-refractivity contribution in [2.75, 3.05) is 19.7 Å². The van der Waals surface area contributed by atoms with Crippen LogP contribution in [-0.4, -0.2) is 42.5 Å². The molecule has 1 saturated heterocycles. The van der Waals surface area contributed by atoms with Crippen molar-refractivity contribution in [3.63, 3.8) is 0 Å². The van der Waals surface area contributed by atoms with E-state index < -0.39 is 0 Å². The molecule has 0 bridgehead atoms. The van der Waals surface area contributed by atoms with Crippen LogP contribution in [0.4, 0.5) is 4.39 Å². The van der Waals surface area contributed by atoms with Crippen molar-refractivity contribution in [3.05, 3.63) is 35.6 Å². The van der Waals surface area contributed by atoms with E-state index in [0.29, 0.717) is 5.56 Å². The van der Waals surface area contributed by atoms with Crippen LogP contribution in [0.15, 0.2) is 24.3 Å². The van der Waals surface area contributed by atoms with E-state index in [4.69, 9.17) is 4.74 Å². The van der Waals surface area contributed by atoms with Crippen molar-refractivity contribution < 1.29 is 13.9 Å². The molecular weight excluding hydrogens is 257 g/mol. The molecule has 0 radical (unpaired) electrons. The van der Waals surface area contributed by atoms with Crippen molar-refractivity contribution in [2.24, 2.45) is 0 Å². The number of halogens is 1. The Hall–Kier alpha value is -1.26. The first-order valence-corrected chi connectivity index (χ1v) is 7.27. The van der Waals surface area contributed by atoms with Crippen LogP contribution in [-0.2, 0) is 4.74 Å². The van der Waals surface area contributed by atoms with Gasteiger partial charge in [-0.1, -0.05) is 6.92 Å². The second-order valence-electron chi connectivity index (χ2n) is 5.27. The lowest BCUT2D eigenvalue weighted by molar-refractivity contribution is 0.0552. The highest BCUT2D eigenvalue weighted by atomic mass is 19.1. The Bertz CT molecular complexity index is 440. The van der Waals surface area contributed by atoms with Crippen LogP contribution in [0.1, 0.15) is 37.0 Å². The van der Waals surface area contributed by atoms with Crippen LogP contribution in [0, 0.1) is 5.82 Å². The van der Waals surface area contributed by atoms with Crippen molar-refractivity contribution in [1.29, 1.82) is 0 Å². The summed E-state index contributed by atoms with van der Waals surface area (Å²) in [5.41, 5.74) is 0.560. The van der Waals surface area contributed by atoms with Gasteiger partial charge < -0.3 is 4.74 Å². The number of nitrogens with zero attached hydrogens (tertiary/aromatic N) is 1. The summed E-state index contributed by atoms with van der Waals surface area (Å²) in [4.78, 5) is 14.6. The zero-order valence-corrected chi connectivity index (χ0v) is 12.1. The minimum absolute atomic E-state index is 0.0323. The summed E-state index contributed by atoms with van der Waals surface area (Å²) >= 11 is 0. The molecule has 1 aromatic carbocycles. The minimum Gasteiger partial charge on any atom is -0.377 e. The van der Waals surface area contributed by atoms with Gasteiger partial charge in [0.1, 0.15) is 5.82 Å². The lowest BCUT2D eigenvalue weighted by Gasteiger charge is -2.29. The van der Waals surface area contributed by atoms with E-state index in [0.717, 1.165) is 32.5 Å². The molecule has 20 heavy (non-hydrogen) atoms. The van der Waals surface area contributed by atoms with E-state index in [9.17, 15) is 9.18 Å². The molecule has 1 aromatic rings. The smallest absolute Gasteiger partial charge is 0.179 e. The van der Waals surface area contributed by atoms with Crippen molar-refractivity contribution in [1.82, 2.24) is 4.90 Å². The van der Waals surface area contributed by atoms with Crippen molar-refractivity contribution in [2.45, 2.75) is 38.8 Å². The molecule has 0 N–H and O–H groups in total. The average molecular weight is 279 g/mol. The largest absolute Gasteiger partial charge is 0.377 e. The number of carbonyl (C=O) groups is 1. The van der Waals surface area contributed by atoms with Gasteiger partial charge in [-0.05, 0) is 50.6 Å². The number of carbonyl (C=O) groups excluding carboxylic acids is 1. The molecule has 1 aliphatic rings. The van der Waals surface area contributed by atoms with Gasteiger partial charge in [-0.15, -0.1) is 0 Å². The van der Waals surface area contributed by atoms with Crippen LogP contribution in [0.25, 0.3) is 0 Å². The first-order chi connectivity index (χ1) is 9.61. The molecule has 2 atom stereocenters. The van der Waals surface area contributed by atoms with Crippen LogP contribution in [0.3, 0.4) is 0 Å². The molecule has 1 aliphatic heterocycles. The fraction of sp³-hybridized carbons (Fsp3) is 0.562.